The first kappa shape index (κ1) is 58.6. The molecule has 0 spiro atoms. The van der Waals surface area contributed by atoms with Crippen LogP contribution >= 0.6 is 0 Å². The van der Waals surface area contributed by atoms with Crippen molar-refractivity contribution in [1.29, 1.82) is 0 Å². The Labute approximate surface area is 416 Å². The zero-order chi connectivity index (χ0) is 53.3. The van der Waals surface area contributed by atoms with Gasteiger partial charge in [0.05, 0.1) is 0 Å². The number of aromatic hydroxyl groups is 2. The molecule has 71 heavy (non-hydrogen) atoms. The van der Waals surface area contributed by atoms with Crippen molar-refractivity contribution in [1.82, 2.24) is 42.5 Å². The average molecular weight is 993 g/mol. The van der Waals surface area contributed by atoms with Gasteiger partial charge in [0.2, 0.25) is 47.3 Å². The molecule has 10 N–H and O–H groups in total. The highest BCUT2D eigenvalue weighted by molar-refractivity contribution is 5.98. The van der Waals surface area contributed by atoms with E-state index in [4.69, 9.17) is 4.74 Å². The number of carbonyl (C=O) groups excluding carboxylic acids is 9. The van der Waals surface area contributed by atoms with Gasteiger partial charge >= 0.3 is 5.97 Å². The van der Waals surface area contributed by atoms with Crippen molar-refractivity contribution in [3.8, 4) is 11.5 Å². The summed E-state index contributed by atoms with van der Waals surface area (Å²) in [6, 6.07) is 1.14. The Balaban J connectivity index is 2.16. The monoisotopic (exact) mass is 993 g/mol. The summed E-state index contributed by atoms with van der Waals surface area (Å²) in [5, 5.41) is 41.4. The third-order valence-corrected chi connectivity index (χ3v) is 12.0. The lowest BCUT2D eigenvalue weighted by Crippen LogP contribution is -2.63. The first-order valence-electron chi connectivity index (χ1n) is 24.4. The molecule has 0 radical (unpaired) electrons. The number of ether oxygens (including phenoxy) is 1. The lowest BCUT2D eigenvalue weighted by Gasteiger charge is -2.32. The van der Waals surface area contributed by atoms with Crippen LogP contribution in [0.4, 0.5) is 0 Å². The predicted molar refractivity (Wildman–Crippen MR) is 264 cm³/mol. The summed E-state index contributed by atoms with van der Waals surface area (Å²) in [6.07, 6.45) is -0.958. The van der Waals surface area contributed by atoms with E-state index in [1.165, 1.54) is 69.3 Å². The van der Waals surface area contributed by atoms with Crippen LogP contribution in [0.3, 0.4) is 0 Å². The molecular weight excluding hydrogens is 917 g/mol. The first-order valence-corrected chi connectivity index (χ1v) is 24.4. The van der Waals surface area contributed by atoms with Crippen molar-refractivity contribution in [2.45, 2.75) is 169 Å². The fourth-order valence-electron chi connectivity index (χ4n) is 7.90. The molecule has 1 fully saturated rings. The van der Waals surface area contributed by atoms with Gasteiger partial charge < -0.3 is 57.5 Å². The van der Waals surface area contributed by atoms with Crippen molar-refractivity contribution >= 4 is 53.2 Å². The molecule has 1 aliphatic heterocycles. The molecular formula is C51H76N8O12. The summed E-state index contributed by atoms with van der Waals surface area (Å²) in [5.74, 6) is -7.87. The number of hydrogen-bond donors (Lipinski definition) is 10. The lowest BCUT2D eigenvalue weighted by atomic mass is 9.95. The van der Waals surface area contributed by atoms with Crippen molar-refractivity contribution in [2.75, 3.05) is 0 Å². The van der Waals surface area contributed by atoms with Crippen LogP contribution in [0, 0.1) is 23.7 Å². The topological polar surface area (TPSA) is 300 Å². The van der Waals surface area contributed by atoms with Gasteiger partial charge in [-0.1, -0.05) is 86.1 Å². The Bertz CT molecular complexity index is 2170. The summed E-state index contributed by atoms with van der Waals surface area (Å²) >= 11 is 0. The fourth-order valence-corrected chi connectivity index (χ4v) is 7.90. The van der Waals surface area contributed by atoms with Crippen LogP contribution in [0.25, 0.3) is 0 Å². The molecule has 10 atom stereocenters. The molecule has 8 amide bonds. The molecule has 1 saturated heterocycles. The standard InChI is InChI=1S/C51H76N8O12/c1-12-29(8)42-49(68)57-41(25-34-15-19-36(62)20-16-34)51(70)71-31(10)43(50(69)56-38(22-27(4)5)46(65)55-39(23-28(6)7)47(66)58-42)59-48(67)40(24-33-13-17-35(61)18-14-33)54-44(63)30(9)52-45(64)37(21-26(2)3)53-32(11)60/h13-20,26-31,37-43,61-62H,12,21-25H2,1-11H3,(H,52,64)(H,53,60)(H,54,63)(H,55,65)(H,56,69)(H,57,68)(H,58,66)(H,59,67). The highest BCUT2D eigenvalue weighted by atomic mass is 16.5. The highest BCUT2D eigenvalue weighted by Crippen LogP contribution is 2.18. The lowest BCUT2D eigenvalue weighted by molar-refractivity contribution is -0.156. The van der Waals surface area contributed by atoms with E-state index in [0.717, 1.165) is 0 Å². The van der Waals surface area contributed by atoms with E-state index >= 15 is 0 Å². The number of carbonyl (C=O) groups is 9. The molecule has 392 valence electrons. The van der Waals surface area contributed by atoms with E-state index in [9.17, 15) is 53.4 Å². The summed E-state index contributed by atoms with van der Waals surface area (Å²) in [6.45, 7) is 18.6. The molecule has 20 nitrogen and oxygen atoms in total. The quantitative estimate of drug-likeness (QED) is 0.0904. The third kappa shape index (κ3) is 19.2. The smallest absolute Gasteiger partial charge is 0.329 e. The molecule has 0 aromatic heterocycles. The van der Waals surface area contributed by atoms with Gasteiger partial charge in [-0.25, -0.2) is 4.79 Å². The maximum absolute atomic E-state index is 14.7. The second kappa shape index (κ2) is 27.6. The normalized spacial score (nSPS) is 22.1. The van der Waals surface area contributed by atoms with Gasteiger partial charge in [0.25, 0.3) is 0 Å². The predicted octanol–water partition coefficient (Wildman–Crippen LogP) is 1.93. The van der Waals surface area contributed by atoms with Crippen molar-refractivity contribution in [3.05, 3.63) is 59.7 Å². The summed E-state index contributed by atoms with van der Waals surface area (Å²) in [4.78, 5) is 125. The average Bonchev–Trinajstić information content (AvgIpc) is 3.28. The van der Waals surface area contributed by atoms with Crippen molar-refractivity contribution in [3.63, 3.8) is 0 Å². The molecule has 0 aliphatic carbocycles. The molecule has 1 heterocycles. The number of cyclic esters (lactones) is 1. The van der Waals surface area contributed by atoms with Gasteiger partial charge in [0.1, 0.15) is 65.9 Å². The summed E-state index contributed by atoms with van der Waals surface area (Å²) in [7, 11) is 0. The van der Waals surface area contributed by atoms with Gasteiger partial charge in [0.15, 0.2) is 0 Å². The Hall–Kier alpha value is -6.73. The van der Waals surface area contributed by atoms with E-state index in [1.807, 2.05) is 48.5 Å². The van der Waals surface area contributed by atoms with Crippen LogP contribution in [0.15, 0.2) is 48.5 Å². The molecule has 3 rings (SSSR count). The van der Waals surface area contributed by atoms with Gasteiger partial charge in [-0.2, -0.15) is 0 Å². The van der Waals surface area contributed by atoms with Crippen LogP contribution in [-0.2, 0) is 60.7 Å². The maximum Gasteiger partial charge on any atom is 0.329 e. The maximum atomic E-state index is 14.7. The highest BCUT2D eigenvalue weighted by Gasteiger charge is 2.40. The number of esters is 1. The Morgan fingerprint density at radius 3 is 1.62 bits per heavy atom. The van der Waals surface area contributed by atoms with Crippen LogP contribution in [0.5, 0.6) is 11.5 Å². The van der Waals surface area contributed by atoms with E-state index < -0.39 is 114 Å². The second-order valence-corrected chi connectivity index (χ2v) is 19.9. The minimum absolute atomic E-state index is 0.00182. The van der Waals surface area contributed by atoms with Crippen molar-refractivity contribution in [2.24, 2.45) is 23.7 Å². The van der Waals surface area contributed by atoms with Gasteiger partial charge in [-0.05, 0) is 92.2 Å². The minimum Gasteiger partial charge on any atom is -0.508 e. The van der Waals surface area contributed by atoms with Crippen molar-refractivity contribution < 1.29 is 58.1 Å². The molecule has 0 bridgehead atoms. The second-order valence-electron chi connectivity index (χ2n) is 19.9. The van der Waals surface area contributed by atoms with Crippen LogP contribution in [-0.4, -0.2) is 118 Å². The van der Waals surface area contributed by atoms with E-state index in [2.05, 4.69) is 42.5 Å². The van der Waals surface area contributed by atoms with Gasteiger partial charge in [-0.3, -0.25) is 38.4 Å². The van der Waals surface area contributed by atoms with Crippen LogP contribution < -0.4 is 42.5 Å². The molecule has 2 aromatic rings. The fraction of sp³-hybridized carbons (Fsp3) is 0.588. The zero-order valence-electron chi connectivity index (χ0n) is 42.8. The molecule has 0 saturated carbocycles. The van der Waals surface area contributed by atoms with E-state index in [0.29, 0.717) is 17.5 Å². The Kier molecular flexibility index (Phi) is 22.8. The Morgan fingerprint density at radius 2 is 1.11 bits per heavy atom. The number of hydrogen-bond acceptors (Lipinski definition) is 12. The molecule has 2 aromatic carbocycles. The SMILES string of the molecule is CCC(C)C1NC(=O)C(CC(C)C)NC(=O)C(CC(C)C)NC(=O)C(NC(=O)C(Cc2ccc(O)cc2)NC(=O)C(C)NC(=O)C(CC(C)C)NC(C)=O)C(C)OC(=O)C(Cc2ccc(O)cc2)NC1=O. The van der Waals surface area contributed by atoms with E-state index in [-0.39, 0.29) is 61.4 Å². The summed E-state index contributed by atoms with van der Waals surface area (Å²) in [5.41, 5.74) is 0.959. The number of benzene rings is 2. The summed E-state index contributed by atoms with van der Waals surface area (Å²) < 4.78 is 5.93. The van der Waals surface area contributed by atoms with Crippen LogP contribution in [0.2, 0.25) is 0 Å². The zero-order valence-corrected chi connectivity index (χ0v) is 42.8. The van der Waals surface area contributed by atoms with Crippen LogP contribution in [0.1, 0.15) is 113 Å². The number of amides is 8. The molecule has 10 unspecified atom stereocenters. The Morgan fingerprint density at radius 1 is 0.606 bits per heavy atom. The van der Waals surface area contributed by atoms with Gasteiger partial charge in [0, 0.05) is 19.8 Å². The molecule has 1 aliphatic rings. The number of rotatable bonds is 19. The van der Waals surface area contributed by atoms with E-state index in [1.54, 1.807) is 6.92 Å². The minimum atomic E-state index is -1.76. The molecule has 20 heteroatoms. The first-order chi connectivity index (χ1) is 33.3. The van der Waals surface area contributed by atoms with Gasteiger partial charge in [-0.15, -0.1) is 0 Å². The largest absolute Gasteiger partial charge is 0.508 e. The number of phenolic OH excluding ortho intramolecular Hbond substituents is 2. The number of nitrogens with one attached hydrogen (secondary N) is 8. The third-order valence-electron chi connectivity index (χ3n) is 12.0. The number of phenols is 2.